The van der Waals surface area contributed by atoms with Gasteiger partial charge in [-0.3, -0.25) is 0 Å². The van der Waals surface area contributed by atoms with E-state index in [1.54, 1.807) is 19.2 Å². The highest BCUT2D eigenvalue weighted by Gasteiger charge is 2.30. The number of halogens is 4. The van der Waals surface area contributed by atoms with Crippen LogP contribution in [0.5, 0.6) is 5.75 Å². The minimum atomic E-state index is -3.42. The molecule has 0 aliphatic carbocycles. The fraction of sp³-hybridized carbons (Fsp3) is 0.500. The molecular formula is C14H14Br2F2N2O2. The van der Waals surface area contributed by atoms with Crippen LogP contribution in [0.3, 0.4) is 0 Å². The molecule has 1 atom stereocenters. The van der Waals surface area contributed by atoms with Crippen molar-refractivity contribution in [1.82, 2.24) is 9.78 Å². The first-order valence-corrected chi connectivity index (χ1v) is 8.49. The predicted octanol–water partition coefficient (Wildman–Crippen LogP) is 5.13. The zero-order valence-electron chi connectivity index (χ0n) is 11.8. The molecule has 0 amide bonds. The third kappa shape index (κ3) is 3.14. The summed E-state index contributed by atoms with van der Waals surface area (Å²) >= 11 is 5.55. The van der Waals surface area contributed by atoms with E-state index in [4.69, 9.17) is 9.47 Å². The lowest BCUT2D eigenvalue weighted by molar-refractivity contribution is -0.0811. The van der Waals surface area contributed by atoms with Crippen LogP contribution in [0.4, 0.5) is 8.78 Å². The van der Waals surface area contributed by atoms with Gasteiger partial charge in [0.15, 0.2) is 6.23 Å². The fourth-order valence-corrected chi connectivity index (χ4v) is 3.50. The first-order chi connectivity index (χ1) is 10.4. The zero-order valence-corrected chi connectivity index (χ0v) is 15.0. The Kier molecular flexibility index (Phi) is 4.44. The van der Waals surface area contributed by atoms with E-state index in [9.17, 15) is 8.78 Å². The van der Waals surface area contributed by atoms with Crippen molar-refractivity contribution in [2.75, 3.05) is 6.61 Å². The molecule has 1 aliphatic heterocycles. The fourth-order valence-electron chi connectivity index (χ4n) is 2.64. The van der Waals surface area contributed by atoms with E-state index < -0.39 is 5.02 Å². The van der Waals surface area contributed by atoms with Gasteiger partial charge in [0, 0.05) is 27.9 Å². The summed E-state index contributed by atoms with van der Waals surface area (Å²) in [5, 5.41) is 1.66. The van der Waals surface area contributed by atoms with Gasteiger partial charge < -0.3 is 9.47 Å². The monoisotopic (exact) mass is 438 g/mol. The summed E-state index contributed by atoms with van der Waals surface area (Å²) in [7, 11) is 0. The third-order valence-corrected chi connectivity index (χ3v) is 4.58. The highest BCUT2D eigenvalue weighted by atomic mass is 79.9. The topological polar surface area (TPSA) is 36.3 Å². The van der Waals surface area contributed by atoms with Crippen LogP contribution in [0.15, 0.2) is 16.7 Å². The molecule has 0 N–H and O–H groups in total. The molecular weight excluding hydrogens is 426 g/mol. The standard InChI is InChI=1S/C14H14Br2F2N2O2/c1-8-6-10-9(12(15)13(8)22-14(16,17)18)7-19-20(10)11-4-2-3-5-21-11/h6-7,11H,2-5H2,1H3. The van der Waals surface area contributed by atoms with Crippen LogP contribution in [0.1, 0.15) is 31.1 Å². The predicted molar refractivity (Wildman–Crippen MR) is 85.5 cm³/mol. The molecule has 4 nitrogen and oxygen atoms in total. The Morgan fingerprint density at radius 2 is 2.23 bits per heavy atom. The Morgan fingerprint density at radius 3 is 2.86 bits per heavy atom. The van der Waals surface area contributed by atoms with Crippen LogP contribution in [0.2, 0.25) is 0 Å². The Labute approximate surface area is 143 Å². The molecule has 120 valence electrons. The largest absolute Gasteiger partial charge is 0.459 e. The van der Waals surface area contributed by atoms with Gasteiger partial charge in [0.2, 0.25) is 0 Å². The number of ether oxygens (including phenoxy) is 2. The number of hydrogen-bond donors (Lipinski definition) is 0. The molecule has 0 spiro atoms. The second kappa shape index (κ2) is 6.05. The average Bonchev–Trinajstić information content (AvgIpc) is 2.87. The number of hydrogen-bond acceptors (Lipinski definition) is 3. The van der Waals surface area contributed by atoms with E-state index in [2.05, 4.69) is 37.0 Å². The van der Waals surface area contributed by atoms with Gasteiger partial charge in [-0.1, -0.05) is 0 Å². The van der Waals surface area contributed by atoms with E-state index in [-0.39, 0.29) is 12.0 Å². The van der Waals surface area contributed by atoms with Gasteiger partial charge >= 0.3 is 5.02 Å². The number of aryl methyl sites for hydroxylation is 1. The Balaban J connectivity index is 2.06. The molecule has 1 aromatic carbocycles. The maximum Gasteiger partial charge on any atom is 0.459 e. The summed E-state index contributed by atoms with van der Waals surface area (Å²) in [5.74, 6) is 0.0958. The van der Waals surface area contributed by atoms with E-state index in [0.29, 0.717) is 22.0 Å². The summed E-state index contributed by atoms with van der Waals surface area (Å²) in [4.78, 5) is 0. The lowest BCUT2D eigenvalue weighted by atomic mass is 10.1. The number of alkyl halides is 3. The van der Waals surface area contributed by atoms with Crippen molar-refractivity contribution in [1.29, 1.82) is 0 Å². The van der Waals surface area contributed by atoms with E-state index in [1.807, 2.05) is 4.68 Å². The quantitative estimate of drug-likeness (QED) is 0.622. The molecule has 0 radical (unpaired) electrons. The van der Waals surface area contributed by atoms with E-state index in [1.165, 1.54) is 0 Å². The maximum absolute atomic E-state index is 13.1. The van der Waals surface area contributed by atoms with Crippen LogP contribution < -0.4 is 4.74 Å². The van der Waals surface area contributed by atoms with Crippen LogP contribution >= 0.6 is 31.9 Å². The van der Waals surface area contributed by atoms with Gasteiger partial charge in [-0.15, -0.1) is 0 Å². The van der Waals surface area contributed by atoms with Crippen LogP contribution in [-0.2, 0) is 4.74 Å². The van der Waals surface area contributed by atoms with Gasteiger partial charge in [0.1, 0.15) is 5.75 Å². The summed E-state index contributed by atoms with van der Waals surface area (Å²) < 4.78 is 38.9. The molecule has 1 aliphatic rings. The minimum Gasteiger partial charge on any atom is -0.422 e. The Morgan fingerprint density at radius 1 is 1.45 bits per heavy atom. The summed E-state index contributed by atoms with van der Waals surface area (Å²) in [6.45, 7) is 2.43. The second-order valence-corrected chi connectivity index (χ2v) is 6.94. The number of benzene rings is 1. The Hall–Kier alpha value is -0.730. The maximum atomic E-state index is 13.1. The van der Waals surface area contributed by atoms with Gasteiger partial charge in [-0.05, 0) is 53.7 Å². The third-order valence-electron chi connectivity index (χ3n) is 3.63. The average molecular weight is 440 g/mol. The van der Waals surface area contributed by atoms with Crippen molar-refractivity contribution >= 4 is 42.8 Å². The second-order valence-electron chi connectivity index (χ2n) is 5.23. The van der Waals surface area contributed by atoms with Gasteiger partial charge in [-0.25, -0.2) is 4.68 Å². The van der Waals surface area contributed by atoms with E-state index in [0.717, 1.165) is 24.8 Å². The number of rotatable bonds is 3. The first-order valence-electron chi connectivity index (χ1n) is 6.90. The van der Waals surface area contributed by atoms with Gasteiger partial charge in [-0.2, -0.15) is 13.9 Å². The smallest absolute Gasteiger partial charge is 0.422 e. The molecule has 1 saturated heterocycles. The molecule has 2 heterocycles. The number of fused-ring (bicyclic) bond motifs is 1. The molecule has 2 aromatic rings. The molecule has 1 fully saturated rings. The number of nitrogens with zero attached hydrogens (tertiary/aromatic N) is 2. The van der Waals surface area contributed by atoms with Crippen molar-refractivity contribution in [3.63, 3.8) is 0 Å². The number of aromatic nitrogens is 2. The molecule has 0 bridgehead atoms. The highest BCUT2D eigenvalue weighted by molar-refractivity contribution is 9.10. The lowest BCUT2D eigenvalue weighted by Gasteiger charge is -2.24. The lowest BCUT2D eigenvalue weighted by Crippen LogP contribution is -2.19. The van der Waals surface area contributed by atoms with Crippen molar-refractivity contribution in [3.05, 3.63) is 22.3 Å². The van der Waals surface area contributed by atoms with E-state index >= 15 is 0 Å². The summed E-state index contributed by atoms with van der Waals surface area (Å²) in [6, 6.07) is 1.79. The summed E-state index contributed by atoms with van der Waals surface area (Å²) in [5.41, 5.74) is 1.43. The molecule has 1 aromatic heterocycles. The minimum absolute atomic E-state index is 0.0958. The van der Waals surface area contributed by atoms with Crippen molar-refractivity contribution in [3.8, 4) is 5.75 Å². The molecule has 22 heavy (non-hydrogen) atoms. The molecule has 0 saturated carbocycles. The normalized spacial score (nSPS) is 19.6. The SMILES string of the molecule is Cc1cc2c(cnn2C2CCCCO2)c(Br)c1OC(F)(F)Br. The molecule has 1 unspecified atom stereocenters. The van der Waals surface area contributed by atoms with Crippen LogP contribution in [-0.4, -0.2) is 21.4 Å². The molecule has 8 heteroatoms. The molecule has 3 rings (SSSR count). The summed E-state index contributed by atoms with van der Waals surface area (Å²) in [6.07, 6.45) is 4.56. The van der Waals surface area contributed by atoms with Crippen molar-refractivity contribution < 1.29 is 18.3 Å². The van der Waals surface area contributed by atoms with Crippen molar-refractivity contribution in [2.45, 2.75) is 37.4 Å². The van der Waals surface area contributed by atoms with Gasteiger partial charge in [0.25, 0.3) is 0 Å². The van der Waals surface area contributed by atoms with Crippen molar-refractivity contribution in [2.24, 2.45) is 0 Å². The highest BCUT2D eigenvalue weighted by Crippen LogP contribution is 2.41. The zero-order chi connectivity index (χ0) is 15.9. The van der Waals surface area contributed by atoms with Crippen LogP contribution in [0.25, 0.3) is 10.9 Å². The first kappa shape index (κ1) is 16.1. The van der Waals surface area contributed by atoms with Gasteiger partial charge in [0.05, 0.1) is 16.2 Å². The Bertz CT molecular complexity index is 694. The van der Waals surface area contributed by atoms with Crippen LogP contribution in [0, 0.1) is 6.92 Å².